The molecule has 3 aromatic rings. The molecule has 0 saturated heterocycles. The fraction of sp³-hybridized carbons (Fsp3) is 0.250. The molecule has 1 amide bonds. The average molecular weight is 456 g/mol. The largest absolute Gasteiger partial charge is 0.354 e. The zero-order chi connectivity index (χ0) is 21.2. The Hall–Kier alpha value is -2.61. The van der Waals surface area contributed by atoms with Gasteiger partial charge < -0.3 is 10.2 Å². The summed E-state index contributed by atoms with van der Waals surface area (Å²) in [6.45, 7) is 0.00838. The minimum absolute atomic E-state index is 0.0560. The minimum Gasteiger partial charge on any atom is -0.354 e. The second kappa shape index (κ2) is 8.41. The molecule has 0 unspecified atom stereocenters. The maximum Gasteiger partial charge on any atom is 0.270 e. The van der Waals surface area contributed by atoms with Gasteiger partial charge in [-0.3, -0.25) is 14.9 Å². The normalized spacial score (nSPS) is 11.5. The predicted molar refractivity (Wildman–Crippen MR) is 112 cm³/mol. The first-order valence-corrected chi connectivity index (χ1v) is 11.4. The van der Waals surface area contributed by atoms with Crippen molar-refractivity contribution >= 4 is 59.0 Å². The molecule has 154 valence electrons. The van der Waals surface area contributed by atoms with Crippen LogP contribution in [0.5, 0.6) is 0 Å². The van der Waals surface area contributed by atoms with Crippen LogP contribution in [0.1, 0.15) is 9.67 Å². The number of thiazole rings is 1. The van der Waals surface area contributed by atoms with E-state index in [1.807, 2.05) is 19.0 Å². The number of hydrogen-bond acceptors (Lipinski definition) is 9. The summed E-state index contributed by atoms with van der Waals surface area (Å²) in [5, 5.41) is 14.3. The Balaban J connectivity index is 1.55. The van der Waals surface area contributed by atoms with E-state index in [9.17, 15) is 23.3 Å². The van der Waals surface area contributed by atoms with E-state index >= 15 is 0 Å². The van der Waals surface area contributed by atoms with E-state index < -0.39 is 14.9 Å². The highest BCUT2D eigenvalue weighted by Crippen LogP contribution is 2.33. The number of fused-ring (bicyclic) bond motifs is 1. The highest BCUT2D eigenvalue weighted by Gasteiger charge is 2.18. The number of nitrogens with one attached hydrogen (secondary N) is 2. The van der Waals surface area contributed by atoms with Crippen molar-refractivity contribution in [1.82, 2.24) is 15.0 Å². The van der Waals surface area contributed by atoms with E-state index in [-0.39, 0.29) is 29.6 Å². The summed E-state index contributed by atoms with van der Waals surface area (Å²) in [5.41, 5.74) is -0.315. The molecule has 3 rings (SSSR count). The predicted octanol–water partition coefficient (Wildman–Crippen LogP) is 2.04. The zero-order valence-corrected chi connectivity index (χ0v) is 17.9. The summed E-state index contributed by atoms with van der Waals surface area (Å²) >= 11 is 2.75. The Morgan fingerprint density at radius 2 is 2.00 bits per heavy atom. The summed E-state index contributed by atoms with van der Waals surface area (Å²) in [4.78, 5) is 29.8. The van der Waals surface area contributed by atoms with Gasteiger partial charge in [-0.1, -0.05) is 17.4 Å². The number of nitrogens with zero attached hydrogens (tertiary/aromatic N) is 3. The number of rotatable bonds is 8. The number of carbonyl (C=O) groups is 1. The number of carbonyl (C=O) groups excluding carboxylic acids is 1. The second-order valence-corrected chi connectivity index (χ2v) is 9.89. The molecule has 1 aromatic carbocycles. The van der Waals surface area contributed by atoms with Gasteiger partial charge in [-0.2, -0.15) is 0 Å². The average Bonchev–Trinajstić information content (AvgIpc) is 3.24. The first kappa shape index (κ1) is 21.1. The lowest BCUT2D eigenvalue weighted by atomic mass is 10.3. The monoisotopic (exact) mass is 455 g/mol. The molecule has 2 aromatic heterocycles. The van der Waals surface area contributed by atoms with Crippen LogP contribution in [-0.2, 0) is 10.0 Å². The lowest BCUT2D eigenvalue weighted by Crippen LogP contribution is -2.34. The molecule has 29 heavy (non-hydrogen) atoms. The molecule has 0 aliphatic rings. The van der Waals surface area contributed by atoms with Crippen molar-refractivity contribution in [3.8, 4) is 0 Å². The van der Waals surface area contributed by atoms with Gasteiger partial charge in [0.25, 0.3) is 11.6 Å². The molecule has 0 atom stereocenters. The van der Waals surface area contributed by atoms with Crippen LogP contribution < -0.4 is 14.9 Å². The Kier molecular flexibility index (Phi) is 6.12. The van der Waals surface area contributed by atoms with E-state index in [2.05, 4.69) is 15.0 Å². The third-order valence-corrected chi connectivity index (χ3v) is 7.51. The standard InChI is InChI=1S/C16H17N5O5S3/c1-20(2)16-19-15-13(28-16)9-12(27-15)14(22)17-6-7-18-29(25,26)11-5-3-4-10(8-11)21(23)24/h3-5,8-9,18H,6-7H2,1-2H3,(H,17,22). The molecule has 13 heteroatoms. The van der Waals surface area contributed by atoms with Crippen LogP contribution in [0.15, 0.2) is 35.2 Å². The Labute approximate surface area is 174 Å². The van der Waals surface area contributed by atoms with Gasteiger partial charge in [0.2, 0.25) is 10.0 Å². The van der Waals surface area contributed by atoms with E-state index in [4.69, 9.17) is 0 Å². The number of nitro groups is 1. The van der Waals surface area contributed by atoms with Gasteiger partial charge in [0, 0.05) is 39.3 Å². The van der Waals surface area contributed by atoms with Crippen LogP contribution in [0.25, 0.3) is 9.53 Å². The molecule has 0 aliphatic carbocycles. The van der Waals surface area contributed by atoms with Crippen LogP contribution in [-0.4, -0.2) is 51.4 Å². The molecule has 0 fully saturated rings. The number of anilines is 1. The number of thiophene rings is 1. The number of amides is 1. The van der Waals surface area contributed by atoms with Crippen LogP contribution in [0.3, 0.4) is 0 Å². The van der Waals surface area contributed by atoms with Crippen LogP contribution >= 0.6 is 22.7 Å². The minimum atomic E-state index is -3.92. The van der Waals surface area contributed by atoms with Crippen molar-refractivity contribution in [3.63, 3.8) is 0 Å². The fourth-order valence-electron chi connectivity index (χ4n) is 2.32. The van der Waals surface area contributed by atoms with E-state index in [0.717, 1.165) is 20.7 Å². The second-order valence-electron chi connectivity index (χ2n) is 6.08. The summed E-state index contributed by atoms with van der Waals surface area (Å²) in [6, 6.07) is 6.51. The van der Waals surface area contributed by atoms with Gasteiger partial charge in [-0.05, 0) is 12.1 Å². The molecule has 0 bridgehead atoms. The van der Waals surface area contributed by atoms with Crippen LogP contribution in [0.2, 0.25) is 0 Å². The van der Waals surface area contributed by atoms with Crippen molar-refractivity contribution in [1.29, 1.82) is 0 Å². The van der Waals surface area contributed by atoms with Gasteiger partial charge in [0.05, 0.1) is 19.4 Å². The molecule has 2 heterocycles. The molecule has 2 N–H and O–H groups in total. The van der Waals surface area contributed by atoms with Gasteiger partial charge in [-0.25, -0.2) is 18.1 Å². The topological polar surface area (TPSA) is 135 Å². The number of aromatic nitrogens is 1. The van der Waals surface area contributed by atoms with E-state index in [1.54, 1.807) is 6.07 Å². The highest BCUT2D eigenvalue weighted by molar-refractivity contribution is 7.89. The van der Waals surface area contributed by atoms with Crippen molar-refractivity contribution in [2.45, 2.75) is 4.90 Å². The highest BCUT2D eigenvalue weighted by atomic mass is 32.2. The first-order chi connectivity index (χ1) is 13.7. The molecular weight excluding hydrogens is 438 g/mol. The van der Waals surface area contributed by atoms with Gasteiger partial charge in [0.1, 0.15) is 4.83 Å². The van der Waals surface area contributed by atoms with Crippen LogP contribution in [0.4, 0.5) is 10.8 Å². The van der Waals surface area contributed by atoms with E-state index in [0.29, 0.717) is 4.88 Å². The van der Waals surface area contributed by atoms with Gasteiger partial charge in [0.15, 0.2) is 5.13 Å². The number of benzene rings is 1. The van der Waals surface area contributed by atoms with Crippen molar-refractivity contribution in [3.05, 3.63) is 45.3 Å². The van der Waals surface area contributed by atoms with Crippen molar-refractivity contribution in [2.24, 2.45) is 0 Å². The summed E-state index contributed by atoms with van der Waals surface area (Å²) in [5.74, 6) is -0.318. The quantitative estimate of drug-likeness (QED) is 0.301. The molecular formula is C16H17N5O5S3. The lowest BCUT2D eigenvalue weighted by molar-refractivity contribution is -0.385. The number of hydrogen-bond donors (Lipinski definition) is 2. The Bertz CT molecular complexity index is 1140. The Morgan fingerprint density at radius 3 is 2.66 bits per heavy atom. The third-order valence-electron chi connectivity index (χ3n) is 3.73. The van der Waals surface area contributed by atoms with Gasteiger partial charge in [-0.15, -0.1) is 11.3 Å². The smallest absolute Gasteiger partial charge is 0.270 e. The zero-order valence-electron chi connectivity index (χ0n) is 15.4. The SMILES string of the molecule is CN(C)c1nc2sc(C(=O)NCCNS(=O)(=O)c3cccc([N+](=O)[O-])c3)cc2s1. The number of non-ortho nitro benzene ring substituents is 1. The molecule has 0 saturated carbocycles. The first-order valence-electron chi connectivity index (χ1n) is 8.27. The summed E-state index contributed by atoms with van der Waals surface area (Å²) in [6.07, 6.45) is 0. The molecule has 0 aliphatic heterocycles. The third kappa shape index (κ3) is 4.87. The molecule has 10 nitrogen and oxygen atoms in total. The van der Waals surface area contributed by atoms with Gasteiger partial charge >= 0.3 is 0 Å². The van der Waals surface area contributed by atoms with Crippen LogP contribution in [0, 0.1) is 10.1 Å². The molecule has 0 spiro atoms. The van der Waals surface area contributed by atoms with Crippen molar-refractivity contribution < 1.29 is 18.1 Å². The number of sulfonamides is 1. The summed E-state index contributed by atoms with van der Waals surface area (Å²) < 4.78 is 27.7. The van der Waals surface area contributed by atoms with E-state index in [1.165, 1.54) is 40.9 Å². The Morgan fingerprint density at radius 1 is 1.24 bits per heavy atom. The number of nitro benzene ring substituents is 1. The maximum absolute atomic E-state index is 12.3. The summed E-state index contributed by atoms with van der Waals surface area (Å²) in [7, 11) is -0.132. The molecule has 0 radical (unpaired) electrons. The fourth-order valence-corrected chi connectivity index (χ4v) is 5.44. The lowest BCUT2D eigenvalue weighted by Gasteiger charge is -2.07. The maximum atomic E-state index is 12.3. The van der Waals surface area contributed by atoms with Crippen molar-refractivity contribution in [2.75, 3.05) is 32.1 Å².